The van der Waals surface area contributed by atoms with E-state index in [0.717, 1.165) is 32.1 Å². The molecule has 0 aromatic rings. The lowest BCUT2D eigenvalue weighted by molar-refractivity contribution is 0.0363. The van der Waals surface area contributed by atoms with E-state index < -0.39 is 0 Å². The second-order valence-electron chi connectivity index (χ2n) is 4.70. The van der Waals surface area contributed by atoms with Gasteiger partial charge in [0, 0.05) is 39.3 Å². The maximum absolute atomic E-state index is 5.35. The van der Waals surface area contributed by atoms with Gasteiger partial charge in [0.25, 0.3) is 0 Å². The summed E-state index contributed by atoms with van der Waals surface area (Å²) in [5, 5.41) is 3.49. The third kappa shape index (κ3) is 3.74. The molecular formula is C12H26N2O. The molecule has 0 saturated carbocycles. The van der Waals surface area contributed by atoms with Crippen LogP contribution in [0.1, 0.15) is 27.2 Å². The van der Waals surface area contributed by atoms with E-state index in [4.69, 9.17) is 4.74 Å². The highest BCUT2D eigenvalue weighted by atomic mass is 16.5. The van der Waals surface area contributed by atoms with E-state index in [-0.39, 0.29) is 0 Å². The molecule has 1 heterocycles. The molecule has 3 nitrogen and oxygen atoms in total. The summed E-state index contributed by atoms with van der Waals surface area (Å²) in [5.41, 5.74) is 0. The van der Waals surface area contributed by atoms with Gasteiger partial charge >= 0.3 is 0 Å². The predicted molar refractivity (Wildman–Crippen MR) is 64.2 cm³/mol. The lowest BCUT2D eigenvalue weighted by Gasteiger charge is -2.40. The molecule has 1 saturated heterocycles. The zero-order chi connectivity index (χ0) is 11.3. The Hall–Kier alpha value is -0.120. The molecule has 1 fully saturated rings. The Kier molecular flexibility index (Phi) is 5.58. The van der Waals surface area contributed by atoms with Crippen LogP contribution < -0.4 is 5.32 Å². The zero-order valence-electron chi connectivity index (χ0n) is 10.6. The standard InChI is InChI=1S/C12H26N2O/c1-5-10(2)12-8-13-6-7-14(12)9-11(3)15-4/h10-13H,5-9H2,1-4H3. The summed E-state index contributed by atoms with van der Waals surface area (Å²) >= 11 is 0. The Morgan fingerprint density at radius 1 is 1.47 bits per heavy atom. The molecule has 0 spiro atoms. The van der Waals surface area contributed by atoms with Crippen molar-refractivity contribution in [3.63, 3.8) is 0 Å². The highest BCUT2D eigenvalue weighted by molar-refractivity contribution is 4.84. The van der Waals surface area contributed by atoms with E-state index in [9.17, 15) is 0 Å². The van der Waals surface area contributed by atoms with Gasteiger partial charge in [-0.05, 0) is 12.8 Å². The lowest BCUT2D eigenvalue weighted by Crippen LogP contribution is -2.55. The van der Waals surface area contributed by atoms with Gasteiger partial charge in [-0.1, -0.05) is 20.3 Å². The molecule has 0 aromatic heterocycles. The van der Waals surface area contributed by atoms with Crippen molar-refractivity contribution in [1.82, 2.24) is 10.2 Å². The molecule has 0 radical (unpaired) electrons. The molecule has 1 aliphatic rings. The van der Waals surface area contributed by atoms with Crippen molar-refractivity contribution in [2.45, 2.75) is 39.3 Å². The Morgan fingerprint density at radius 3 is 2.80 bits per heavy atom. The molecule has 90 valence electrons. The summed E-state index contributed by atoms with van der Waals surface area (Å²) in [7, 11) is 1.80. The monoisotopic (exact) mass is 214 g/mol. The van der Waals surface area contributed by atoms with Crippen LogP contribution in [-0.4, -0.2) is 50.3 Å². The molecular weight excluding hydrogens is 188 g/mol. The van der Waals surface area contributed by atoms with Crippen molar-refractivity contribution >= 4 is 0 Å². The van der Waals surface area contributed by atoms with Gasteiger partial charge < -0.3 is 10.1 Å². The number of ether oxygens (including phenoxy) is 1. The maximum atomic E-state index is 5.35. The third-order valence-electron chi connectivity index (χ3n) is 3.59. The number of rotatable bonds is 5. The van der Waals surface area contributed by atoms with Gasteiger partial charge in [-0.25, -0.2) is 0 Å². The van der Waals surface area contributed by atoms with Crippen LogP contribution in [0.5, 0.6) is 0 Å². The van der Waals surface area contributed by atoms with Crippen molar-refractivity contribution in [1.29, 1.82) is 0 Å². The number of nitrogens with zero attached hydrogens (tertiary/aromatic N) is 1. The highest BCUT2D eigenvalue weighted by Gasteiger charge is 2.26. The third-order valence-corrected chi connectivity index (χ3v) is 3.59. The Balaban J connectivity index is 2.49. The number of hydrogen-bond donors (Lipinski definition) is 1. The molecule has 1 rings (SSSR count). The first-order valence-electron chi connectivity index (χ1n) is 6.16. The molecule has 0 amide bonds. The fourth-order valence-corrected chi connectivity index (χ4v) is 2.23. The Labute approximate surface area is 94.2 Å². The van der Waals surface area contributed by atoms with Crippen LogP contribution in [0.25, 0.3) is 0 Å². The van der Waals surface area contributed by atoms with Crippen molar-refractivity contribution in [2.75, 3.05) is 33.3 Å². The molecule has 1 N–H and O–H groups in total. The van der Waals surface area contributed by atoms with Crippen molar-refractivity contribution in [2.24, 2.45) is 5.92 Å². The molecule has 1 aliphatic heterocycles. The van der Waals surface area contributed by atoms with Crippen LogP contribution >= 0.6 is 0 Å². The average molecular weight is 214 g/mol. The summed E-state index contributed by atoms with van der Waals surface area (Å²) in [6.45, 7) is 11.2. The quantitative estimate of drug-likeness (QED) is 0.747. The second-order valence-corrected chi connectivity index (χ2v) is 4.70. The first kappa shape index (κ1) is 12.9. The van der Waals surface area contributed by atoms with Gasteiger partial charge in [0.1, 0.15) is 0 Å². The number of piperazine rings is 1. The summed E-state index contributed by atoms with van der Waals surface area (Å²) in [6, 6.07) is 0.682. The van der Waals surface area contributed by atoms with E-state index in [1.807, 2.05) is 0 Å². The number of methoxy groups -OCH3 is 1. The van der Waals surface area contributed by atoms with Crippen molar-refractivity contribution in [3.8, 4) is 0 Å². The smallest absolute Gasteiger partial charge is 0.0670 e. The zero-order valence-corrected chi connectivity index (χ0v) is 10.6. The molecule has 0 aromatic carbocycles. The van der Waals surface area contributed by atoms with E-state index in [2.05, 4.69) is 31.0 Å². The van der Waals surface area contributed by atoms with E-state index >= 15 is 0 Å². The topological polar surface area (TPSA) is 24.5 Å². The minimum atomic E-state index is 0.342. The van der Waals surface area contributed by atoms with Crippen LogP contribution in [0.3, 0.4) is 0 Å². The van der Waals surface area contributed by atoms with Gasteiger partial charge in [0.05, 0.1) is 6.10 Å². The lowest BCUT2D eigenvalue weighted by atomic mass is 9.96. The Bertz CT molecular complexity index is 175. The fourth-order valence-electron chi connectivity index (χ4n) is 2.23. The Morgan fingerprint density at radius 2 is 2.20 bits per heavy atom. The molecule has 15 heavy (non-hydrogen) atoms. The number of hydrogen-bond acceptors (Lipinski definition) is 3. The molecule has 0 bridgehead atoms. The van der Waals surface area contributed by atoms with Crippen molar-refractivity contribution in [3.05, 3.63) is 0 Å². The summed E-state index contributed by atoms with van der Waals surface area (Å²) in [4.78, 5) is 2.58. The fraction of sp³-hybridized carbons (Fsp3) is 1.00. The van der Waals surface area contributed by atoms with Crippen LogP contribution in [0, 0.1) is 5.92 Å². The molecule has 0 aliphatic carbocycles. The van der Waals surface area contributed by atoms with E-state index in [1.165, 1.54) is 6.42 Å². The molecule has 3 unspecified atom stereocenters. The highest BCUT2D eigenvalue weighted by Crippen LogP contribution is 2.16. The second kappa shape index (κ2) is 6.46. The first-order chi connectivity index (χ1) is 7.19. The SMILES string of the molecule is CCC(C)C1CNCCN1CC(C)OC. The van der Waals surface area contributed by atoms with Crippen LogP contribution in [0.4, 0.5) is 0 Å². The number of nitrogens with one attached hydrogen (secondary N) is 1. The maximum Gasteiger partial charge on any atom is 0.0670 e. The van der Waals surface area contributed by atoms with Gasteiger partial charge in [-0.15, -0.1) is 0 Å². The first-order valence-corrected chi connectivity index (χ1v) is 6.16. The van der Waals surface area contributed by atoms with Gasteiger partial charge in [-0.3, -0.25) is 4.90 Å². The minimum Gasteiger partial charge on any atom is -0.380 e. The van der Waals surface area contributed by atoms with Gasteiger partial charge in [0.2, 0.25) is 0 Å². The van der Waals surface area contributed by atoms with Crippen LogP contribution in [-0.2, 0) is 4.74 Å². The molecule has 3 heteroatoms. The molecule has 3 atom stereocenters. The van der Waals surface area contributed by atoms with Crippen LogP contribution in [0.15, 0.2) is 0 Å². The average Bonchev–Trinajstić information content (AvgIpc) is 2.28. The largest absolute Gasteiger partial charge is 0.380 e. The van der Waals surface area contributed by atoms with E-state index in [0.29, 0.717) is 12.1 Å². The normalized spacial score (nSPS) is 27.6. The van der Waals surface area contributed by atoms with E-state index in [1.54, 1.807) is 7.11 Å². The predicted octanol–water partition coefficient (Wildman–Crippen LogP) is 1.34. The van der Waals surface area contributed by atoms with Gasteiger partial charge in [-0.2, -0.15) is 0 Å². The van der Waals surface area contributed by atoms with Gasteiger partial charge in [0.15, 0.2) is 0 Å². The van der Waals surface area contributed by atoms with Crippen molar-refractivity contribution < 1.29 is 4.74 Å². The summed E-state index contributed by atoms with van der Waals surface area (Å²) < 4.78 is 5.35. The summed E-state index contributed by atoms with van der Waals surface area (Å²) in [5.74, 6) is 0.766. The van der Waals surface area contributed by atoms with Crippen LogP contribution in [0.2, 0.25) is 0 Å². The summed E-state index contributed by atoms with van der Waals surface area (Å²) in [6.07, 6.45) is 1.60. The minimum absolute atomic E-state index is 0.342.